The van der Waals surface area contributed by atoms with Crippen molar-refractivity contribution in [2.75, 3.05) is 19.6 Å². The Kier molecular flexibility index (Phi) is 6.84. The van der Waals surface area contributed by atoms with Crippen LogP contribution in [-0.4, -0.2) is 36.6 Å². The Morgan fingerprint density at radius 1 is 1.32 bits per heavy atom. The number of rotatable bonds is 7. The third-order valence-corrected chi connectivity index (χ3v) is 3.88. The highest BCUT2D eigenvalue weighted by molar-refractivity contribution is 5.77. The van der Waals surface area contributed by atoms with Gasteiger partial charge in [0.1, 0.15) is 0 Å². The number of carboxylic acid groups (broad SMARTS) is 1. The second-order valence-corrected chi connectivity index (χ2v) is 5.72. The summed E-state index contributed by atoms with van der Waals surface area (Å²) < 4.78 is 0. The summed E-state index contributed by atoms with van der Waals surface area (Å²) in [5.41, 5.74) is 0. The number of piperidine rings is 1. The summed E-state index contributed by atoms with van der Waals surface area (Å²) in [6.07, 6.45) is 3.69. The Morgan fingerprint density at radius 2 is 1.95 bits per heavy atom. The van der Waals surface area contributed by atoms with Crippen LogP contribution in [0.3, 0.4) is 0 Å². The Morgan fingerprint density at radius 3 is 2.47 bits per heavy atom. The second-order valence-electron chi connectivity index (χ2n) is 5.72. The van der Waals surface area contributed by atoms with E-state index >= 15 is 0 Å². The van der Waals surface area contributed by atoms with Gasteiger partial charge in [0.15, 0.2) is 0 Å². The van der Waals surface area contributed by atoms with Crippen molar-refractivity contribution in [3.05, 3.63) is 0 Å². The molecule has 0 aromatic carbocycles. The molecule has 0 aromatic rings. The molecule has 0 bridgehead atoms. The standard InChI is InChI=1S/C14H26N2O3/c1-10(2)12(14(18)19)9-16-13(17)4-3-11-5-7-15-8-6-11/h10-12,15H,3-9H2,1-2H3,(H,16,17)(H,18,19). The third-order valence-electron chi connectivity index (χ3n) is 3.88. The summed E-state index contributed by atoms with van der Waals surface area (Å²) in [6, 6.07) is 0. The molecular weight excluding hydrogens is 244 g/mol. The molecule has 0 spiro atoms. The summed E-state index contributed by atoms with van der Waals surface area (Å²) in [6.45, 7) is 6.04. The molecule has 1 heterocycles. The van der Waals surface area contributed by atoms with Gasteiger partial charge in [-0.05, 0) is 44.2 Å². The van der Waals surface area contributed by atoms with Crippen LogP contribution in [0, 0.1) is 17.8 Å². The van der Waals surface area contributed by atoms with Crippen molar-refractivity contribution in [2.45, 2.75) is 39.5 Å². The molecule has 1 aliphatic heterocycles. The van der Waals surface area contributed by atoms with E-state index in [2.05, 4.69) is 10.6 Å². The highest BCUT2D eigenvalue weighted by Gasteiger charge is 2.22. The van der Waals surface area contributed by atoms with Crippen LogP contribution in [0.1, 0.15) is 39.5 Å². The summed E-state index contributed by atoms with van der Waals surface area (Å²) in [5, 5.41) is 15.1. The smallest absolute Gasteiger partial charge is 0.308 e. The van der Waals surface area contributed by atoms with E-state index in [9.17, 15) is 9.59 Å². The van der Waals surface area contributed by atoms with Crippen LogP contribution >= 0.6 is 0 Å². The first-order valence-electron chi connectivity index (χ1n) is 7.21. The van der Waals surface area contributed by atoms with Crippen molar-refractivity contribution in [1.29, 1.82) is 0 Å². The molecule has 0 aliphatic carbocycles. The molecule has 1 atom stereocenters. The van der Waals surface area contributed by atoms with Gasteiger partial charge in [-0.3, -0.25) is 9.59 Å². The molecule has 0 aromatic heterocycles. The lowest BCUT2D eigenvalue weighted by Crippen LogP contribution is -2.36. The number of hydrogen-bond acceptors (Lipinski definition) is 3. The summed E-state index contributed by atoms with van der Waals surface area (Å²) in [4.78, 5) is 22.7. The molecule has 3 N–H and O–H groups in total. The second kappa shape index (κ2) is 8.15. The van der Waals surface area contributed by atoms with E-state index in [1.54, 1.807) is 0 Å². The van der Waals surface area contributed by atoms with E-state index in [1.807, 2.05) is 13.8 Å². The molecule has 1 unspecified atom stereocenters. The predicted molar refractivity (Wildman–Crippen MR) is 73.8 cm³/mol. The first-order valence-corrected chi connectivity index (χ1v) is 7.21. The lowest BCUT2D eigenvalue weighted by molar-refractivity contribution is -0.143. The van der Waals surface area contributed by atoms with Crippen molar-refractivity contribution in [3.8, 4) is 0 Å². The van der Waals surface area contributed by atoms with E-state index in [-0.39, 0.29) is 18.4 Å². The van der Waals surface area contributed by atoms with E-state index in [0.717, 1.165) is 32.4 Å². The van der Waals surface area contributed by atoms with Gasteiger partial charge < -0.3 is 15.7 Å². The van der Waals surface area contributed by atoms with Crippen molar-refractivity contribution in [1.82, 2.24) is 10.6 Å². The molecule has 1 amide bonds. The van der Waals surface area contributed by atoms with Crippen LogP contribution in [0.15, 0.2) is 0 Å². The average Bonchev–Trinajstić information content (AvgIpc) is 2.37. The summed E-state index contributed by atoms with van der Waals surface area (Å²) in [5.74, 6) is -0.698. The predicted octanol–water partition coefficient (Wildman–Crippen LogP) is 1.24. The first kappa shape index (κ1) is 16.0. The SMILES string of the molecule is CC(C)C(CNC(=O)CCC1CCNCC1)C(=O)O. The third kappa shape index (κ3) is 6.05. The molecule has 19 heavy (non-hydrogen) atoms. The molecule has 1 saturated heterocycles. The Labute approximate surface area is 115 Å². The number of carboxylic acids is 1. The van der Waals surface area contributed by atoms with E-state index in [1.165, 1.54) is 0 Å². The molecule has 5 heteroatoms. The van der Waals surface area contributed by atoms with E-state index in [4.69, 9.17) is 5.11 Å². The zero-order chi connectivity index (χ0) is 14.3. The summed E-state index contributed by atoms with van der Waals surface area (Å²) >= 11 is 0. The number of carbonyl (C=O) groups excluding carboxylic acids is 1. The van der Waals surface area contributed by atoms with Crippen LogP contribution in [0.25, 0.3) is 0 Å². The van der Waals surface area contributed by atoms with Crippen molar-refractivity contribution in [2.24, 2.45) is 17.8 Å². The van der Waals surface area contributed by atoms with Crippen LogP contribution in [0.5, 0.6) is 0 Å². The van der Waals surface area contributed by atoms with Gasteiger partial charge in [0.25, 0.3) is 0 Å². The van der Waals surface area contributed by atoms with Crippen molar-refractivity contribution in [3.63, 3.8) is 0 Å². The molecule has 110 valence electrons. The molecule has 1 aliphatic rings. The monoisotopic (exact) mass is 270 g/mol. The topological polar surface area (TPSA) is 78.4 Å². The van der Waals surface area contributed by atoms with Gasteiger partial charge in [0.2, 0.25) is 5.91 Å². The molecule has 1 rings (SSSR count). The van der Waals surface area contributed by atoms with Gasteiger partial charge >= 0.3 is 5.97 Å². The highest BCUT2D eigenvalue weighted by Crippen LogP contribution is 2.17. The zero-order valence-electron chi connectivity index (χ0n) is 11.9. The molecule has 0 radical (unpaired) electrons. The quantitative estimate of drug-likeness (QED) is 0.650. The Hall–Kier alpha value is -1.10. The van der Waals surface area contributed by atoms with Crippen molar-refractivity contribution < 1.29 is 14.7 Å². The van der Waals surface area contributed by atoms with Gasteiger partial charge in [-0.15, -0.1) is 0 Å². The molecule has 0 saturated carbocycles. The minimum absolute atomic E-state index is 0.0227. The number of carbonyl (C=O) groups is 2. The largest absolute Gasteiger partial charge is 0.481 e. The highest BCUT2D eigenvalue weighted by atomic mass is 16.4. The molecule has 1 fully saturated rings. The zero-order valence-corrected chi connectivity index (χ0v) is 11.9. The van der Waals surface area contributed by atoms with Crippen LogP contribution in [0.2, 0.25) is 0 Å². The Balaban J connectivity index is 2.21. The maximum atomic E-state index is 11.7. The maximum Gasteiger partial charge on any atom is 0.308 e. The minimum atomic E-state index is -0.839. The molecular formula is C14H26N2O3. The number of amides is 1. The number of hydrogen-bond donors (Lipinski definition) is 3. The van der Waals surface area contributed by atoms with E-state index < -0.39 is 11.9 Å². The van der Waals surface area contributed by atoms with Gasteiger partial charge in [-0.1, -0.05) is 13.8 Å². The fraction of sp³-hybridized carbons (Fsp3) is 0.857. The summed E-state index contributed by atoms with van der Waals surface area (Å²) in [7, 11) is 0. The number of nitrogens with one attached hydrogen (secondary N) is 2. The van der Waals surface area contributed by atoms with Gasteiger partial charge in [0.05, 0.1) is 5.92 Å². The first-order chi connectivity index (χ1) is 9.00. The van der Waals surface area contributed by atoms with Crippen LogP contribution < -0.4 is 10.6 Å². The van der Waals surface area contributed by atoms with Gasteiger partial charge in [0, 0.05) is 13.0 Å². The maximum absolute atomic E-state index is 11.7. The fourth-order valence-electron chi connectivity index (χ4n) is 2.43. The minimum Gasteiger partial charge on any atom is -0.481 e. The average molecular weight is 270 g/mol. The Bertz CT molecular complexity index is 299. The van der Waals surface area contributed by atoms with Crippen molar-refractivity contribution >= 4 is 11.9 Å². The lowest BCUT2D eigenvalue weighted by atomic mass is 9.93. The van der Waals surface area contributed by atoms with Gasteiger partial charge in [-0.2, -0.15) is 0 Å². The van der Waals surface area contributed by atoms with Crippen LogP contribution in [0.4, 0.5) is 0 Å². The van der Waals surface area contributed by atoms with Crippen LogP contribution in [-0.2, 0) is 9.59 Å². The van der Waals surface area contributed by atoms with E-state index in [0.29, 0.717) is 12.3 Å². The fourth-order valence-corrected chi connectivity index (χ4v) is 2.43. The van der Waals surface area contributed by atoms with Gasteiger partial charge in [-0.25, -0.2) is 0 Å². The lowest BCUT2D eigenvalue weighted by Gasteiger charge is -2.22. The molecule has 5 nitrogen and oxygen atoms in total. The number of aliphatic carboxylic acids is 1. The normalized spacial score (nSPS) is 18.3.